The molecule has 0 unspecified atom stereocenters. The van der Waals surface area contributed by atoms with Crippen LogP contribution in [0.3, 0.4) is 0 Å². The summed E-state index contributed by atoms with van der Waals surface area (Å²) < 4.78 is 24.2. The van der Waals surface area contributed by atoms with E-state index >= 15 is 0 Å². The first-order valence-electron chi connectivity index (χ1n) is 5.75. The molecule has 0 aromatic carbocycles. The van der Waals surface area contributed by atoms with Crippen LogP contribution in [0.15, 0.2) is 12.3 Å². The van der Waals surface area contributed by atoms with Crippen LogP contribution in [0.2, 0.25) is 0 Å². The van der Waals surface area contributed by atoms with Gasteiger partial charge in [-0.15, -0.1) is 0 Å². The maximum Gasteiger partial charge on any atom is 0.224 e. The van der Waals surface area contributed by atoms with Crippen LogP contribution in [-0.2, 0) is 10.0 Å². The molecule has 0 amide bonds. The first-order valence-corrected chi connectivity index (χ1v) is 7.60. The lowest BCUT2D eigenvalue weighted by molar-refractivity contribution is 0.331. The van der Waals surface area contributed by atoms with Gasteiger partial charge in [-0.2, -0.15) is 4.98 Å². The van der Waals surface area contributed by atoms with Crippen molar-refractivity contribution in [3.05, 3.63) is 12.3 Å². The van der Waals surface area contributed by atoms with Gasteiger partial charge in [0.25, 0.3) is 0 Å². The highest BCUT2D eigenvalue weighted by atomic mass is 32.2. The molecule has 2 heterocycles. The van der Waals surface area contributed by atoms with Gasteiger partial charge in [-0.1, -0.05) is 0 Å². The van der Waals surface area contributed by atoms with E-state index in [0.717, 1.165) is 12.8 Å². The van der Waals surface area contributed by atoms with E-state index < -0.39 is 10.0 Å². The Kier molecular flexibility index (Phi) is 3.67. The van der Waals surface area contributed by atoms with Crippen molar-refractivity contribution in [1.82, 2.24) is 14.3 Å². The highest BCUT2D eigenvalue weighted by Gasteiger charge is 2.25. The number of rotatable bonds is 3. The summed E-state index contributed by atoms with van der Waals surface area (Å²) in [5.74, 6) is 0.911. The zero-order chi connectivity index (χ0) is 13.2. The highest BCUT2D eigenvalue weighted by molar-refractivity contribution is 7.88. The standard InChI is InChI=1S/C10H17N5O2S/c1-18(16,17)15-6-3-8(4-7-15)13-10-12-5-2-9(11)14-10/h2,5,8H,3-4,6-7H2,1H3,(H3,11,12,13,14). The third kappa shape index (κ3) is 3.30. The molecule has 1 aliphatic heterocycles. The van der Waals surface area contributed by atoms with Crippen molar-refractivity contribution in [2.45, 2.75) is 18.9 Å². The molecule has 1 aromatic rings. The molecule has 100 valence electrons. The minimum atomic E-state index is -3.07. The number of nitrogens with zero attached hydrogens (tertiary/aromatic N) is 3. The van der Waals surface area contributed by atoms with Gasteiger partial charge in [-0.25, -0.2) is 17.7 Å². The van der Waals surface area contributed by atoms with E-state index in [1.165, 1.54) is 10.6 Å². The van der Waals surface area contributed by atoms with Gasteiger partial charge < -0.3 is 11.1 Å². The van der Waals surface area contributed by atoms with Crippen molar-refractivity contribution in [2.75, 3.05) is 30.4 Å². The smallest absolute Gasteiger partial charge is 0.224 e. The van der Waals surface area contributed by atoms with E-state index in [2.05, 4.69) is 15.3 Å². The van der Waals surface area contributed by atoms with E-state index in [9.17, 15) is 8.42 Å². The minimum Gasteiger partial charge on any atom is -0.384 e. The quantitative estimate of drug-likeness (QED) is 0.795. The summed E-state index contributed by atoms with van der Waals surface area (Å²) in [7, 11) is -3.07. The lowest BCUT2D eigenvalue weighted by Crippen LogP contribution is -2.42. The van der Waals surface area contributed by atoms with Gasteiger partial charge in [0.05, 0.1) is 6.26 Å². The molecule has 8 heteroatoms. The zero-order valence-corrected chi connectivity index (χ0v) is 11.0. The molecule has 0 spiro atoms. The fourth-order valence-corrected chi connectivity index (χ4v) is 2.83. The number of anilines is 2. The van der Waals surface area contributed by atoms with E-state index in [4.69, 9.17) is 5.73 Å². The number of aromatic nitrogens is 2. The van der Waals surface area contributed by atoms with Gasteiger partial charge in [-0.3, -0.25) is 0 Å². The summed E-state index contributed by atoms with van der Waals surface area (Å²) in [5.41, 5.74) is 5.56. The third-order valence-corrected chi connectivity index (χ3v) is 4.24. The Bertz CT molecular complexity index is 511. The summed E-state index contributed by atoms with van der Waals surface area (Å²) in [6.45, 7) is 1.05. The summed E-state index contributed by atoms with van der Waals surface area (Å²) in [5, 5.41) is 3.17. The van der Waals surface area contributed by atoms with E-state index in [-0.39, 0.29) is 6.04 Å². The zero-order valence-electron chi connectivity index (χ0n) is 10.2. The Balaban J connectivity index is 1.91. The second-order valence-corrected chi connectivity index (χ2v) is 6.37. The Labute approximate surface area is 106 Å². The molecule has 0 aliphatic carbocycles. The van der Waals surface area contributed by atoms with Crippen molar-refractivity contribution >= 4 is 21.8 Å². The van der Waals surface area contributed by atoms with E-state index in [1.54, 1.807) is 12.3 Å². The molecule has 2 rings (SSSR count). The Morgan fingerprint density at radius 1 is 1.44 bits per heavy atom. The average molecular weight is 271 g/mol. The molecule has 18 heavy (non-hydrogen) atoms. The average Bonchev–Trinajstić information content (AvgIpc) is 2.28. The maximum absolute atomic E-state index is 11.4. The fraction of sp³-hybridized carbons (Fsp3) is 0.600. The molecule has 1 aromatic heterocycles. The SMILES string of the molecule is CS(=O)(=O)N1CCC(Nc2nccc(N)n2)CC1. The predicted molar refractivity (Wildman–Crippen MR) is 69.5 cm³/mol. The first-order chi connectivity index (χ1) is 8.45. The van der Waals surface area contributed by atoms with Crippen LogP contribution in [0.5, 0.6) is 0 Å². The summed E-state index contributed by atoms with van der Waals surface area (Å²) in [6, 6.07) is 1.81. The molecule has 0 saturated carbocycles. The number of nitrogens with one attached hydrogen (secondary N) is 1. The van der Waals surface area contributed by atoms with Gasteiger partial charge in [-0.05, 0) is 18.9 Å². The normalized spacial score (nSPS) is 18.7. The van der Waals surface area contributed by atoms with Gasteiger partial charge in [0.1, 0.15) is 5.82 Å². The van der Waals surface area contributed by atoms with Crippen molar-refractivity contribution < 1.29 is 8.42 Å². The van der Waals surface area contributed by atoms with Crippen LogP contribution in [0.1, 0.15) is 12.8 Å². The largest absolute Gasteiger partial charge is 0.384 e. The van der Waals surface area contributed by atoms with Gasteiger partial charge >= 0.3 is 0 Å². The van der Waals surface area contributed by atoms with Crippen molar-refractivity contribution in [3.63, 3.8) is 0 Å². The maximum atomic E-state index is 11.4. The highest BCUT2D eigenvalue weighted by Crippen LogP contribution is 2.16. The summed E-state index contributed by atoms with van der Waals surface area (Å²) >= 11 is 0. The van der Waals surface area contributed by atoms with E-state index in [1.807, 2.05) is 0 Å². The molecule has 7 nitrogen and oxygen atoms in total. The van der Waals surface area contributed by atoms with Crippen molar-refractivity contribution in [1.29, 1.82) is 0 Å². The number of hydrogen-bond acceptors (Lipinski definition) is 6. The number of sulfonamides is 1. The number of piperidine rings is 1. The Morgan fingerprint density at radius 2 is 2.11 bits per heavy atom. The lowest BCUT2D eigenvalue weighted by Gasteiger charge is -2.30. The first kappa shape index (κ1) is 13.0. The van der Waals surface area contributed by atoms with Gasteiger partial charge in [0, 0.05) is 25.3 Å². The molecular weight excluding hydrogens is 254 g/mol. The molecular formula is C10H17N5O2S. The Morgan fingerprint density at radius 3 is 2.67 bits per heavy atom. The van der Waals surface area contributed by atoms with Crippen molar-refractivity contribution in [2.24, 2.45) is 0 Å². The van der Waals surface area contributed by atoms with E-state index in [0.29, 0.717) is 24.9 Å². The van der Waals surface area contributed by atoms with Gasteiger partial charge in [0.2, 0.25) is 16.0 Å². The van der Waals surface area contributed by atoms with Crippen LogP contribution in [0.25, 0.3) is 0 Å². The summed E-state index contributed by atoms with van der Waals surface area (Å²) in [4.78, 5) is 8.13. The molecule has 0 bridgehead atoms. The number of hydrogen-bond donors (Lipinski definition) is 2. The van der Waals surface area contributed by atoms with Crippen LogP contribution < -0.4 is 11.1 Å². The van der Waals surface area contributed by atoms with Crippen LogP contribution >= 0.6 is 0 Å². The molecule has 3 N–H and O–H groups in total. The van der Waals surface area contributed by atoms with Crippen LogP contribution in [-0.4, -0.2) is 48.1 Å². The van der Waals surface area contributed by atoms with Crippen LogP contribution in [0.4, 0.5) is 11.8 Å². The van der Waals surface area contributed by atoms with Gasteiger partial charge in [0.15, 0.2) is 0 Å². The summed E-state index contributed by atoms with van der Waals surface area (Å²) in [6.07, 6.45) is 4.31. The molecule has 0 radical (unpaired) electrons. The minimum absolute atomic E-state index is 0.185. The number of nitrogen functional groups attached to an aromatic ring is 1. The second kappa shape index (κ2) is 5.07. The topological polar surface area (TPSA) is 101 Å². The monoisotopic (exact) mass is 271 g/mol. The van der Waals surface area contributed by atoms with Crippen molar-refractivity contribution in [3.8, 4) is 0 Å². The fourth-order valence-electron chi connectivity index (χ4n) is 1.96. The second-order valence-electron chi connectivity index (χ2n) is 4.39. The molecule has 1 fully saturated rings. The molecule has 0 atom stereocenters. The third-order valence-electron chi connectivity index (χ3n) is 2.93. The Hall–Kier alpha value is -1.41. The lowest BCUT2D eigenvalue weighted by atomic mass is 10.1. The molecule has 1 aliphatic rings. The predicted octanol–water partition coefficient (Wildman–Crippen LogP) is -0.105. The van der Waals surface area contributed by atoms with Crippen LogP contribution in [0, 0.1) is 0 Å². The number of nitrogens with two attached hydrogens (primary N) is 1. The molecule has 1 saturated heterocycles.